The van der Waals surface area contributed by atoms with Crippen LogP contribution in [0.3, 0.4) is 0 Å². The zero-order chi connectivity index (χ0) is 29.6. The van der Waals surface area contributed by atoms with Crippen LogP contribution in [-0.4, -0.2) is 87.5 Å². The molecule has 11 heteroatoms. The molecule has 2 aromatic heterocycles. The summed E-state index contributed by atoms with van der Waals surface area (Å²) in [5.74, 6) is 1.62. The van der Waals surface area contributed by atoms with Crippen LogP contribution < -0.4 is 5.32 Å². The molecular weight excluding hydrogens is 536 g/mol. The smallest absolute Gasteiger partial charge is 0.410 e. The summed E-state index contributed by atoms with van der Waals surface area (Å²) in [5, 5.41) is 11.9. The monoisotopic (exact) mass is 580 g/mol. The number of anilines is 1. The van der Waals surface area contributed by atoms with Gasteiger partial charge in [-0.25, -0.2) is 9.78 Å². The minimum absolute atomic E-state index is 0.106. The minimum atomic E-state index is -0.638. The van der Waals surface area contributed by atoms with Crippen molar-refractivity contribution in [1.82, 2.24) is 25.0 Å². The second-order valence-electron chi connectivity index (χ2n) is 13.6. The topological polar surface area (TPSA) is 123 Å². The summed E-state index contributed by atoms with van der Waals surface area (Å²) in [5.41, 5.74) is 1.79. The van der Waals surface area contributed by atoms with Crippen molar-refractivity contribution in [3.05, 3.63) is 35.3 Å². The summed E-state index contributed by atoms with van der Waals surface area (Å²) in [7, 11) is 1.74. The lowest BCUT2D eigenvalue weighted by Gasteiger charge is -2.42. The van der Waals surface area contributed by atoms with E-state index in [4.69, 9.17) is 18.9 Å². The average molecular weight is 581 g/mol. The van der Waals surface area contributed by atoms with Crippen molar-refractivity contribution < 1.29 is 23.5 Å². The largest absolute Gasteiger partial charge is 0.444 e. The predicted molar refractivity (Wildman–Crippen MR) is 155 cm³/mol. The van der Waals surface area contributed by atoms with Crippen LogP contribution in [0.25, 0.3) is 0 Å². The van der Waals surface area contributed by atoms with Gasteiger partial charge in [-0.05, 0) is 89.2 Å². The number of rotatable bonds is 9. The Balaban J connectivity index is 1.29. The van der Waals surface area contributed by atoms with Crippen LogP contribution in [0.2, 0.25) is 0 Å². The second kappa shape index (κ2) is 11.5. The average Bonchev–Trinajstić information content (AvgIpc) is 3.86. The molecule has 1 aliphatic heterocycles. The summed E-state index contributed by atoms with van der Waals surface area (Å²) in [6.07, 6.45) is 8.66. The summed E-state index contributed by atoms with van der Waals surface area (Å²) >= 11 is 0. The van der Waals surface area contributed by atoms with Crippen LogP contribution >= 0.6 is 0 Å². The van der Waals surface area contributed by atoms with Crippen molar-refractivity contribution >= 4 is 17.7 Å². The van der Waals surface area contributed by atoms with Gasteiger partial charge in [-0.1, -0.05) is 0 Å². The highest BCUT2D eigenvalue weighted by molar-refractivity contribution is 5.98. The Morgan fingerprint density at radius 3 is 2.48 bits per heavy atom. The number of nitrogens with one attached hydrogen (secondary N) is 1. The molecule has 2 amide bonds. The van der Waals surface area contributed by atoms with Crippen LogP contribution in [0.5, 0.6) is 0 Å². The molecule has 0 spiro atoms. The molecule has 228 valence electrons. The van der Waals surface area contributed by atoms with Crippen molar-refractivity contribution in [2.45, 2.75) is 108 Å². The Morgan fingerprint density at radius 2 is 1.86 bits per heavy atom. The van der Waals surface area contributed by atoms with Gasteiger partial charge < -0.3 is 29.0 Å². The molecule has 0 radical (unpaired) electrons. The third-order valence-corrected chi connectivity index (χ3v) is 8.77. The van der Waals surface area contributed by atoms with Gasteiger partial charge in [-0.15, -0.1) is 10.2 Å². The van der Waals surface area contributed by atoms with Crippen LogP contribution in [0.15, 0.2) is 16.7 Å². The molecule has 6 rings (SSSR count). The van der Waals surface area contributed by atoms with Crippen molar-refractivity contribution in [2.24, 2.45) is 5.92 Å². The van der Waals surface area contributed by atoms with E-state index in [9.17, 15) is 9.59 Å². The number of pyridine rings is 1. The Kier molecular flexibility index (Phi) is 7.89. The third-order valence-electron chi connectivity index (χ3n) is 8.77. The molecule has 0 bridgehead atoms. The fraction of sp³-hybridized carbons (Fsp3) is 0.710. The minimum Gasteiger partial charge on any atom is -0.444 e. The third kappa shape index (κ3) is 6.71. The number of carbonyl (C=O) groups excluding carboxylic acids is 2. The molecule has 0 aromatic carbocycles. The van der Waals surface area contributed by atoms with E-state index in [-0.39, 0.29) is 30.0 Å². The molecule has 42 heavy (non-hydrogen) atoms. The number of nitrogens with zero attached hydrogens (tertiary/aromatic N) is 5. The van der Waals surface area contributed by atoms with E-state index >= 15 is 0 Å². The highest BCUT2D eigenvalue weighted by Gasteiger charge is 2.42. The fourth-order valence-electron chi connectivity index (χ4n) is 6.04. The van der Waals surface area contributed by atoms with Gasteiger partial charge >= 0.3 is 6.09 Å². The van der Waals surface area contributed by atoms with E-state index in [0.717, 1.165) is 44.2 Å². The lowest BCUT2D eigenvalue weighted by atomic mass is 9.89. The number of methoxy groups -OCH3 is 1. The van der Waals surface area contributed by atoms with Gasteiger partial charge in [0, 0.05) is 45.9 Å². The number of ether oxygens (including phenoxy) is 2. The zero-order valence-electron chi connectivity index (χ0n) is 25.5. The van der Waals surface area contributed by atoms with E-state index in [1.165, 1.54) is 5.56 Å². The lowest BCUT2D eigenvalue weighted by Crippen LogP contribution is -2.55. The van der Waals surface area contributed by atoms with Gasteiger partial charge in [0.25, 0.3) is 5.91 Å². The number of carbonyl (C=O) groups is 2. The lowest BCUT2D eigenvalue weighted by molar-refractivity contribution is 0.00559. The van der Waals surface area contributed by atoms with Gasteiger partial charge in [0.05, 0.1) is 23.8 Å². The fourth-order valence-corrected chi connectivity index (χ4v) is 6.04. The first kappa shape index (κ1) is 28.9. The van der Waals surface area contributed by atoms with Gasteiger partial charge in [0.2, 0.25) is 11.8 Å². The molecule has 4 fully saturated rings. The Morgan fingerprint density at radius 1 is 1.10 bits per heavy atom. The molecule has 1 N–H and O–H groups in total. The Bertz CT molecular complexity index is 1290. The first-order valence-corrected chi connectivity index (χ1v) is 15.4. The maximum absolute atomic E-state index is 14.5. The van der Waals surface area contributed by atoms with Gasteiger partial charge in [0.1, 0.15) is 5.60 Å². The van der Waals surface area contributed by atoms with E-state index in [0.29, 0.717) is 55.4 Å². The van der Waals surface area contributed by atoms with Gasteiger partial charge in [-0.3, -0.25) is 4.79 Å². The van der Waals surface area contributed by atoms with Crippen LogP contribution in [-0.2, 0) is 9.47 Å². The van der Waals surface area contributed by atoms with Gasteiger partial charge in [-0.2, -0.15) is 0 Å². The molecule has 1 saturated heterocycles. The van der Waals surface area contributed by atoms with Crippen LogP contribution in [0.1, 0.15) is 105 Å². The van der Waals surface area contributed by atoms with Crippen LogP contribution in [0.4, 0.5) is 10.5 Å². The highest BCUT2D eigenvalue weighted by atomic mass is 16.6. The molecular formula is C31H44N6O5. The van der Waals surface area contributed by atoms with Crippen molar-refractivity contribution in [3.63, 3.8) is 0 Å². The number of aryl methyl sites for hydroxylation is 1. The quantitative estimate of drug-likeness (QED) is 0.442. The maximum Gasteiger partial charge on any atom is 0.410 e. The number of hydrogen-bond donors (Lipinski definition) is 1. The molecule has 2 aromatic rings. The normalized spacial score (nSPS) is 26.0. The molecule has 3 aliphatic carbocycles. The standard InChI is InChI=1S/C31H44N6O5/c1-18-34-35-28(41-18)22-10-24(17-36(16-22)30(39)42-31(2,3)4)37(15-19-6-7-19)29(38)27-26(33-23-12-25(13-23)40-5)11-21(14-32-27)20-8-9-20/h11,14,19-20,22-25,33H,6-10,12-13,15-17H2,1-5H3/t22-,23?,24+,25?/m1/s1. The molecule has 11 nitrogen and oxygen atoms in total. The Labute approximate surface area is 247 Å². The van der Waals surface area contributed by atoms with E-state index < -0.39 is 11.7 Å². The van der Waals surface area contributed by atoms with Crippen molar-refractivity contribution in [1.29, 1.82) is 0 Å². The maximum atomic E-state index is 14.5. The number of aromatic nitrogens is 3. The highest BCUT2D eigenvalue weighted by Crippen LogP contribution is 2.42. The summed E-state index contributed by atoms with van der Waals surface area (Å²) in [6.45, 7) is 8.72. The number of hydrogen-bond acceptors (Lipinski definition) is 9. The number of piperidine rings is 1. The molecule has 4 aliphatic rings. The van der Waals surface area contributed by atoms with Crippen LogP contribution in [0, 0.1) is 12.8 Å². The molecule has 2 atom stereocenters. The van der Waals surface area contributed by atoms with E-state index in [2.05, 4.69) is 21.6 Å². The summed E-state index contributed by atoms with van der Waals surface area (Å²) in [4.78, 5) is 36.2. The van der Waals surface area contributed by atoms with E-state index in [1.807, 2.05) is 31.9 Å². The first-order valence-electron chi connectivity index (χ1n) is 15.4. The van der Waals surface area contributed by atoms with E-state index in [1.54, 1.807) is 18.9 Å². The Hall–Kier alpha value is -3.21. The summed E-state index contributed by atoms with van der Waals surface area (Å²) in [6, 6.07) is 2.12. The summed E-state index contributed by atoms with van der Waals surface area (Å²) < 4.78 is 17.1. The first-order chi connectivity index (χ1) is 20.1. The predicted octanol–water partition coefficient (Wildman–Crippen LogP) is 4.89. The number of likely N-dealkylation sites (tertiary alicyclic amines) is 1. The molecule has 0 unspecified atom stereocenters. The molecule has 3 saturated carbocycles. The zero-order valence-corrected chi connectivity index (χ0v) is 25.5. The number of amides is 2. The molecule has 3 heterocycles. The second-order valence-corrected chi connectivity index (χ2v) is 13.6. The SMILES string of the molecule is COC1CC(Nc2cc(C3CC3)cnc2C(=O)N(CC2CC2)[C@H]2C[C@@H](c3nnc(C)o3)CN(C(=O)OC(C)(C)C)C2)C1. The van der Waals surface area contributed by atoms with Crippen molar-refractivity contribution in [2.75, 3.05) is 32.1 Å². The van der Waals surface area contributed by atoms with Crippen molar-refractivity contribution in [3.8, 4) is 0 Å². The van der Waals surface area contributed by atoms with Gasteiger partial charge in [0.15, 0.2) is 5.69 Å².